The third-order valence-electron chi connectivity index (χ3n) is 3.57. The first kappa shape index (κ1) is 13.2. The summed E-state index contributed by atoms with van der Waals surface area (Å²) in [4.78, 5) is 21.8. The molecule has 21 heavy (non-hydrogen) atoms. The van der Waals surface area contributed by atoms with E-state index in [4.69, 9.17) is 0 Å². The van der Waals surface area contributed by atoms with Crippen molar-refractivity contribution in [1.29, 1.82) is 0 Å². The number of nitro groups is 1. The minimum atomic E-state index is -1.13. The molecule has 3 rings (SSSR count). The van der Waals surface area contributed by atoms with Gasteiger partial charge in [0.15, 0.2) is 5.69 Å². The van der Waals surface area contributed by atoms with Gasteiger partial charge in [-0.05, 0) is 25.8 Å². The Morgan fingerprint density at radius 1 is 1.48 bits per heavy atom. The van der Waals surface area contributed by atoms with Crippen molar-refractivity contribution in [3.8, 4) is 5.69 Å². The van der Waals surface area contributed by atoms with Crippen molar-refractivity contribution in [2.45, 2.75) is 25.7 Å². The third-order valence-corrected chi connectivity index (χ3v) is 3.57. The fourth-order valence-electron chi connectivity index (χ4n) is 2.38. The van der Waals surface area contributed by atoms with Crippen LogP contribution in [0.25, 0.3) is 5.69 Å². The first-order valence-corrected chi connectivity index (χ1v) is 6.44. The van der Waals surface area contributed by atoms with Gasteiger partial charge in [0.1, 0.15) is 0 Å². The second kappa shape index (κ2) is 4.65. The maximum absolute atomic E-state index is 11.2. The highest BCUT2D eigenvalue weighted by molar-refractivity contribution is 5.87. The summed E-state index contributed by atoms with van der Waals surface area (Å²) < 4.78 is 1.42. The fraction of sp³-hybridized carbons (Fsp3) is 0.308. The van der Waals surface area contributed by atoms with Gasteiger partial charge < -0.3 is 5.11 Å². The maximum atomic E-state index is 11.2. The number of nitro benzene ring substituents is 1. The minimum Gasteiger partial charge on any atom is -0.476 e. The molecule has 0 saturated heterocycles. The average Bonchev–Trinajstić information content (AvgIpc) is 3.17. The van der Waals surface area contributed by atoms with Crippen LogP contribution in [0.15, 0.2) is 18.2 Å². The number of nitrogens with zero attached hydrogens (tertiary/aromatic N) is 4. The average molecular weight is 288 g/mol. The molecular weight excluding hydrogens is 276 g/mol. The van der Waals surface area contributed by atoms with E-state index in [1.54, 1.807) is 19.1 Å². The Morgan fingerprint density at radius 2 is 2.19 bits per heavy atom. The molecule has 2 aromatic rings. The van der Waals surface area contributed by atoms with Gasteiger partial charge in [-0.15, -0.1) is 5.10 Å². The lowest BCUT2D eigenvalue weighted by atomic mass is 10.1. The standard InChI is InChI=1S/C13H12N4O4/c1-7-9(3-2-4-10(7)17(20)21)16-12(8-5-6-8)11(13(18)19)14-15-16/h2-4,8H,5-6H2,1H3,(H,18,19). The Hall–Kier alpha value is -2.77. The molecule has 1 N–H and O–H groups in total. The molecule has 0 bridgehead atoms. The predicted octanol–water partition coefficient (Wildman–Crippen LogP) is 2.06. The number of hydrogen-bond acceptors (Lipinski definition) is 5. The SMILES string of the molecule is Cc1c(-n2nnc(C(=O)O)c2C2CC2)cccc1[N+](=O)[O-]. The molecule has 108 valence electrons. The van der Waals surface area contributed by atoms with E-state index in [9.17, 15) is 20.0 Å². The number of aromatic carboxylic acids is 1. The molecule has 1 heterocycles. The molecule has 0 radical (unpaired) electrons. The predicted molar refractivity (Wildman–Crippen MR) is 71.7 cm³/mol. The van der Waals surface area contributed by atoms with Gasteiger partial charge >= 0.3 is 5.97 Å². The smallest absolute Gasteiger partial charge is 0.358 e. The second-order valence-corrected chi connectivity index (χ2v) is 4.99. The van der Waals surface area contributed by atoms with Crippen LogP contribution in [0.3, 0.4) is 0 Å². The molecule has 0 spiro atoms. The summed E-state index contributed by atoms with van der Waals surface area (Å²) in [5.41, 5.74) is 1.34. The van der Waals surface area contributed by atoms with Crippen molar-refractivity contribution in [3.63, 3.8) is 0 Å². The molecule has 0 unspecified atom stereocenters. The quantitative estimate of drug-likeness (QED) is 0.680. The van der Waals surface area contributed by atoms with Crippen LogP contribution in [-0.4, -0.2) is 31.0 Å². The summed E-state index contributed by atoms with van der Waals surface area (Å²) >= 11 is 0. The zero-order valence-electron chi connectivity index (χ0n) is 11.2. The molecule has 0 amide bonds. The molecule has 8 nitrogen and oxygen atoms in total. The second-order valence-electron chi connectivity index (χ2n) is 4.99. The van der Waals surface area contributed by atoms with E-state index in [2.05, 4.69) is 10.3 Å². The molecule has 1 aliphatic rings. The van der Waals surface area contributed by atoms with Crippen molar-refractivity contribution >= 4 is 11.7 Å². The molecule has 0 aliphatic heterocycles. The van der Waals surface area contributed by atoms with Crippen LogP contribution in [0.2, 0.25) is 0 Å². The number of carboxylic acid groups (broad SMARTS) is 1. The molecular formula is C13H12N4O4. The van der Waals surface area contributed by atoms with Crippen LogP contribution in [0, 0.1) is 17.0 Å². The van der Waals surface area contributed by atoms with Gasteiger partial charge in [0.2, 0.25) is 0 Å². The summed E-state index contributed by atoms with van der Waals surface area (Å²) in [6.07, 6.45) is 1.75. The van der Waals surface area contributed by atoms with Gasteiger partial charge in [-0.3, -0.25) is 10.1 Å². The summed E-state index contributed by atoms with van der Waals surface area (Å²) in [6.45, 7) is 1.62. The number of carbonyl (C=O) groups is 1. The summed E-state index contributed by atoms with van der Waals surface area (Å²) in [6, 6.07) is 4.64. The van der Waals surface area contributed by atoms with E-state index < -0.39 is 10.9 Å². The monoisotopic (exact) mass is 288 g/mol. The van der Waals surface area contributed by atoms with Crippen molar-refractivity contribution < 1.29 is 14.8 Å². The van der Waals surface area contributed by atoms with Gasteiger partial charge in [0.05, 0.1) is 21.9 Å². The van der Waals surface area contributed by atoms with Crippen LogP contribution >= 0.6 is 0 Å². The maximum Gasteiger partial charge on any atom is 0.358 e. The van der Waals surface area contributed by atoms with Crippen LogP contribution in [0.4, 0.5) is 5.69 Å². The van der Waals surface area contributed by atoms with Crippen molar-refractivity contribution in [3.05, 3.63) is 45.3 Å². The Labute approximate surface area is 119 Å². The number of benzene rings is 1. The lowest BCUT2D eigenvalue weighted by Gasteiger charge is -2.09. The van der Waals surface area contributed by atoms with Gasteiger partial charge in [-0.2, -0.15) is 0 Å². The zero-order chi connectivity index (χ0) is 15.1. The number of hydrogen-bond donors (Lipinski definition) is 1. The third kappa shape index (κ3) is 2.14. The first-order valence-electron chi connectivity index (χ1n) is 6.44. The highest BCUT2D eigenvalue weighted by Gasteiger charge is 2.34. The van der Waals surface area contributed by atoms with Crippen molar-refractivity contribution in [1.82, 2.24) is 15.0 Å². The van der Waals surface area contributed by atoms with Gasteiger partial charge in [0, 0.05) is 12.0 Å². The van der Waals surface area contributed by atoms with E-state index in [0.717, 1.165) is 12.8 Å². The van der Waals surface area contributed by atoms with E-state index in [0.29, 0.717) is 16.9 Å². The molecule has 1 aromatic heterocycles. The lowest BCUT2D eigenvalue weighted by molar-refractivity contribution is -0.385. The Bertz CT molecular complexity index is 749. The van der Waals surface area contributed by atoms with Crippen LogP contribution in [-0.2, 0) is 0 Å². The van der Waals surface area contributed by atoms with E-state index >= 15 is 0 Å². The first-order chi connectivity index (χ1) is 10.0. The van der Waals surface area contributed by atoms with Crippen LogP contribution in [0.1, 0.15) is 40.5 Å². The largest absolute Gasteiger partial charge is 0.476 e. The Balaban J connectivity index is 2.20. The molecule has 1 aromatic carbocycles. The highest BCUT2D eigenvalue weighted by atomic mass is 16.6. The summed E-state index contributed by atoms with van der Waals surface area (Å²) in [7, 11) is 0. The normalized spacial score (nSPS) is 14.1. The van der Waals surface area contributed by atoms with Gasteiger partial charge in [-0.1, -0.05) is 11.3 Å². The molecule has 1 fully saturated rings. The van der Waals surface area contributed by atoms with Crippen molar-refractivity contribution in [2.24, 2.45) is 0 Å². The fourth-order valence-corrected chi connectivity index (χ4v) is 2.38. The number of aromatic nitrogens is 3. The zero-order valence-corrected chi connectivity index (χ0v) is 11.2. The van der Waals surface area contributed by atoms with Gasteiger partial charge in [-0.25, -0.2) is 9.48 Å². The summed E-state index contributed by atoms with van der Waals surface area (Å²) in [5, 5.41) is 27.8. The summed E-state index contributed by atoms with van der Waals surface area (Å²) in [5.74, 6) is -1.03. The lowest BCUT2D eigenvalue weighted by Crippen LogP contribution is -2.08. The van der Waals surface area contributed by atoms with E-state index in [-0.39, 0.29) is 17.3 Å². The van der Waals surface area contributed by atoms with E-state index in [1.807, 2.05) is 0 Å². The molecule has 0 atom stereocenters. The Morgan fingerprint density at radius 3 is 2.76 bits per heavy atom. The Kier molecular flexibility index (Phi) is 2.93. The van der Waals surface area contributed by atoms with Gasteiger partial charge in [0.25, 0.3) is 5.69 Å². The highest BCUT2D eigenvalue weighted by Crippen LogP contribution is 2.42. The van der Waals surface area contributed by atoms with Crippen molar-refractivity contribution in [2.75, 3.05) is 0 Å². The number of rotatable bonds is 4. The van der Waals surface area contributed by atoms with E-state index in [1.165, 1.54) is 10.7 Å². The topological polar surface area (TPSA) is 111 Å². The number of carboxylic acids is 1. The molecule has 1 saturated carbocycles. The minimum absolute atomic E-state index is 0.0263. The van der Waals surface area contributed by atoms with Crippen LogP contribution in [0.5, 0.6) is 0 Å². The van der Waals surface area contributed by atoms with Crippen LogP contribution < -0.4 is 0 Å². The molecule has 8 heteroatoms. The molecule has 1 aliphatic carbocycles.